The van der Waals surface area contributed by atoms with E-state index in [1.165, 1.54) is 11.8 Å². The highest BCUT2D eigenvalue weighted by Crippen LogP contribution is 2.24. The summed E-state index contributed by atoms with van der Waals surface area (Å²) in [6, 6.07) is 14.4. The van der Waals surface area contributed by atoms with Gasteiger partial charge in [0.05, 0.1) is 19.4 Å². The van der Waals surface area contributed by atoms with Crippen LogP contribution in [0.15, 0.2) is 58.2 Å². The third kappa shape index (κ3) is 5.90. The lowest BCUT2D eigenvalue weighted by Crippen LogP contribution is -2.29. The third-order valence-electron chi connectivity index (χ3n) is 3.56. The Bertz CT molecular complexity index is 918. The van der Waals surface area contributed by atoms with E-state index in [1.54, 1.807) is 37.4 Å². The van der Waals surface area contributed by atoms with E-state index < -0.39 is 0 Å². The Labute approximate surface area is 171 Å². The average molecular weight is 420 g/mol. The van der Waals surface area contributed by atoms with Crippen molar-refractivity contribution in [2.75, 3.05) is 26.0 Å². The first-order valence-electron chi connectivity index (χ1n) is 8.40. The van der Waals surface area contributed by atoms with Gasteiger partial charge in [0.25, 0.3) is 5.22 Å². The predicted octanol–water partition coefficient (Wildman–Crippen LogP) is 3.69. The summed E-state index contributed by atoms with van der Waals surface area (Å²) in [4.78, 5) is 11.9. The molecule has 2 aromatic carbocycles. The Morgan fingerprint density at radius 3 is 2.75 bits per heavy atom. The van der Waals surface area contributed by atoms with Crippen molar-refractivity contribution in [3.63, 3.8) is 0 Å². The molecule has 0 aliphatic heterocycles. The van der Waals surface area contributed by atoms with Crippen molar-refractivity contribution in [2.45, 2.75) is 5.22 Å². The molecule has 0 unspecified atom stereocenters. The fourth-order valence-electron chi connectivity index (χ4n) is 2.21. The first-order valence-corrected chi connectivity index (χ1v) is 9.76. The van der Waals surface area contributed by atoms with Crippen molar-refractivity contribution in [1.82, 2.24) is 15.5 Å². The summed E-state index contributed by atoms with van der Waals surface area (Å²) in [5.41, 5.74) is 0.767. The molecule has 0 fully saturated rings. The number of carbonyl (C=O) groups is 1. The highest BCUT2D eigenvalue weighted by molar-refractivity contribution is 7.99. The topological polar surface area (TPSA) is 86.5 Å². The highest BCUT2D eigenvalue weighted by Gasteiger charge is 2.11. The Balaban J connectivity index is 1.38. The van der Waals surface area contributed by atoms with Crippen LogP contribution >= 0.6 is 23.4 Å². The van der Waals surface area contributed by atoms with Crippen LogP contribution in [0.25, 0.3) is 11.5 Å². The van der Waals surface area contributed by atoms with Crippen LogP contribution in [0, 0.1) is 0 Å². The van der Waals surface area contributed by atoms with Crippen LogP contribution in [0.5, 0.6) is 11.5 Å². The fourth-order valence-corrected chi connectivity index (χ4v) is 2.92. The number of amides is 1. The van der Waals surface area contributed by atoms with Crippen molar-refractivity contribution in [3.8, 4) is 23.0 Å². The molecule has 7 nitrogen and oxygen atoms in total. The Kier molecular flexibility index (Phi) is 7.16. The van der Waals surface area contributed by atoms with Gasteiger partial charge in [-0.2, -0.15) is 0 Å². The van der Waals surface area contributed by atoms with Gasteiger partial charge in [-0.05, 0) is 36.4 Å². The normalized spacial score (nSPS) is 10.5. The number of nitrogens with zero attached hydrogens (tertiary/aromatic N) is 2. The second kappa shape index (κ2) is 10.0. The van der Waals surface area contributed by atoms with Gasteiger partial charge in [-0.3, -0.25) is 4.79 Å². The number of rotatable bonds is 9. The largest absolute Gasteiger partial charge is 0.497 e. The number of thioether (sulfide) groups is 1. The Morgan fingerprint density at radius 1 is 1.18 bits per heavy atom. The molecule has 0 bridgehead atoms. The van der Waals surface area contributed by atoms with Crippen molar-refractivity contribution in [2.24, 2.45) is 0 Å². The van der Waals surface area contributed by atoms with Crippen molar-refractivity contribution in [3.05, 3.63) is 53.6 Å². The molecule has 0 aliphatic rings. The number of hydrogen-bond donors (Lipinski definition) is 1. The zero-order valence-electron chi connectivity index (χ0n) is 15.1. The number of hydrogen-bond acceptors (Lipinski definition) is 7. The number of nitrogens with one attached hydrogen (secondary N) is 1. The second-order valence-corrected chi connectivity index (χ2v) is 6.91. The lowest BCUT2D eigenvalue weighted by atomic mass is 10.2. The maximum atomic E-state index is 11.9. The number of ether oxygens (including phenoxy) is 2. The van der Waals surface area contributed by atoms with Crippen molar-refractivity contribution < 1.29 is 18.7 Å². The summed E-state index contributed by atoms with van der Waals surface area (Å²) in [5.74, 6) is 1.80. The lowest BCUT2D eigenvalue weighted by Gasteiger charge is -2.08. The molecule has 0 saturated carbocycles. The molecule has 0 radical (unpaired) electrons. The van der Waals surface area contributed by atoms with E-state index in [0.29, 0.717) is 35.0 Å². The lowest BCUT2D eigenvalue weighted by molar-refractivity contribution is -0.118. The van der Waals surface area contributed by atoms with Gasteiger partial charge in [-0.25, -0.2) is 0 Å². The van der Waals surface area contributed by atoms with E-state index in [0.717, 1.165) is 11.3 Å². The smallest absolute Gasteiger partial charge is 0.277 e. The summed E-state index contributed by atoms with van der Waals surface area (Å²) in [6.45, 7) is 0.737. The zero-order chi connectivity index (χ0) is 19.8. The van der Waals surface area contributed by atoms with E-state index in [4.69, 9.17) is 25.5 Å². The first-order chi connectivity index (χ1) is 13.6. The maximum absolute atomic E-state index is 11.9. The van der Waals surface area contributed by atoms with Crippen LogP contribution in [0.3, 0.4) is 0 Å². The number of aromatic nitrogens is 2. The molecule has 3 aromatic rings. The number of methoxy groups -OCH3 is 1. The first kappa shape index (κ1) is 20.0. The number of benzene rings is 2. The fraction of sp³-hybridized carbons (Fsp3) is 0.211. The summed E-state index contributed by atoms with van der Waals surface area (Å²) in [7, 11) is 1.60. The summed E-state index contributed by atoms with van der Waals surface area (Å²) in [6.07, 6.45) is 0. The van der Waals surface area contributed by atoms with E-state index in [2.05, 4.69) is 15.5 Å². The SMILES string of the molecule is COc1cccc(OCCNC(=O)CSc2nnc(-c3ccc(Cl)cc3)o2)c1. The van der Waals surface area contributed by atoms with Gasteiger partial charge in [-0.15, -0.1) is 10.2 Å². The van der Waals surface area contributed by atoms with Gasteiger partial charge in [0.1, 0.15) is 18.1 Å². The average Bonchev–Trinajstić information content (AvgIpc) is 3.19. The summed E-state index contributed by atoms with van der Waals surface area (Å²) in [5, 5.41) is 11.6. The summed E-state index contributed by atoms with van der Waals surface area (Å²) < 4.78 is 16.2. The molecule has 28 heavy (non-hydrogen) atoms. The van der Waals surface area contributed by atoms with Gasteiger partial charge in [0, 0.05) is 16.7 Å². The van der Waals surface area contributed by atoms with E-state index >= 15 is 0 Å². The van der Waals surface area contributed by atoms with E-state index in [9.17, 15) is 4.79 Å². The molecular weight excluding hydrogens is 402 g/mol. The molecule has 1 N–H and O–H groups in total. The number of halogens is 1. The second-order valence-electron chi connectivity index (χ2n) is 5.55. The standard InChI is InChI=1S/C19H18ClN3O4S/c1-25-15-3-2-4-16(11-15)26-10-9-21-17(24)12-28-19-23-22-18(27-19)13-5-7-14(20)8-6-13/h2-8,11H,9-10,12H2,1H3,(H,21,24). The van der Waals surface area contributed by atoms with Gasteiger partial charge >= 0.3 is 0 Å². The minimum absolute atomic E-state index is 0.148. The van der Waals surface area contributed by atoms with Crippen LogP contribution in [0.1, 0.15) is 0 Å². The monoisotopic (exact) mass is 419 g/mol. The molecular formula is C19H18ClN3O4S. The van der Waals surface area contributed by atoms with Crippen LogP contribution in [0.2, 0.25) is 5.02 Å². The highest BCUT2D eigenvalue weighted by atomic mass is 35.5. The van der Waals surface area contributed by atoms with Gasteiger partial charge in [-0.1, -0.05) is 29.4 Å². The van der Waals surface area contributed by atoms with Crippen LogP contribution < -0.4 is 14.8 Å². The molecule has 1 amide bonds. The maximum Gasteiger partial charge on any atom is 0.277 e. The molecule has 9 heteroatoms. The predicted molar refractivity (Wildman–Crippen MR) is 107 cm³/mol. The molecule has 0 aliphatic carbocycles. The van der Waals surface area contributed by atoms with Crippen LogP contribution in [-0.4, -0.2) is 42.1 Å². The quantitative estimate of drug-likeness (QED) is 0.418. The van der Waals surface area contributed by atoms with E-state index in [1.807, 2.05) is 18.2 Å². The van der Waals surface area contributed by atoms with Crippen LogP contribution in [0.4, 0.5) is 0 Å². The minimum atomic E-state index is -0.148. The molecule has 0 spiro atoms. The van der Waals surface area contributed by atoms with Crippen LogP contribution in [-0.2, 0) is 4.79 Å². The summed E-state index contributed by atoms with van der Waals surface area (Å²) >= 11 is 7.03. The molecule has 0 saturated heterocycles. The van der Waals surface area contributed by atoms with Crippen molar-refractivity contribution >= 4 is 29.3 Å². The Hall–Kier alpha value is -2.71. The molecule has 1 aromatic heterocycles. The Morgan fingerprint density at radius 2 is 1.96 bits per heavy atom. The van der Waals surface area contributed by atoms with Gasteiger partial charge in [0.2, 0.25) is 11.8 Å². The third-order valence-corrected chi connectivity index (χ3v) is 4.63. The van der Waals surface area contributed by atoms with E-state index in [-0.39, 0.29) is 11.7 Å². The molecule has 146 valence electrons. The number of carbonyl (C=O) groups excluding carboxylic acids is 1. The molecule has 1 heterocycles. The minimum Gasteiger partial charge on any atom is -0.497 e. The zero-order valence-corrected chi connectivity index (χ0v) is 16.6. The molecule has 3 rings (SSSR count). The molecule has 0 atom stereocenters. The van der Waals surface area contributed by atoms with Crippen molar-refractivity contribution in [1.29, 1.82) is 0 Å². The van der Waals surface area contributed by atoms with Gasteiger partial charge < -0.3 is 19.2 Å². The van der Waals surface area contributed by atoms with Gasteiger partial charge in [0.15, 0.2) is 0 Å².